The van der Waals surface area contributed by atoms with E-state index < -0.39 is 24.8 Å². The summed E-state index contributed by atoms with van der Waals surface area (Å²) in [5, 5.41) is 8.93. The van der Waals surface area contributed by atoms with Crippen LogP contribution in [0.3, 0.4) is 0 Å². The SMILES string of the molecule is NC(=O)c1cc(Cl)ccc1OCC(O)C(F)(F)F. The molecule has 3 N–H and O–H groups in total. The molecule has 1 aromatic rings. The number of nitrogens with two attached hydrogens (primary N) is 1. The van der Waals surface area contributed by atoms with Gasteiger partial charge in [-0.15, -0.1) is 0 Å². The monoisotopic (exact) mass is 283 g/mol. The molecule has 1 rings (SSSR count). The number of amides is 1. The first-order chi connectivity index (χ1) is 8.21. The van der Waals surface area contributed by atoms with Crippen LogP contribution in [0.1, 0.15) is 10.4 Å². The molecule has 1 unspecified atom stereocenters. The third-order valence-electron chi connectivity index (χ3n) is 1.98. The third kappa shape index (κ3) is 3.78. The van der Waals surface area contributed by atoms with Crippen molar-refractivity contribution in [1.29, 1.82) is 0 Å². The smallest absolute Gasteiger partial charge is 0.417 e. The molecule has 4 nitrogen and oxygen atoms in total. The zero-order valence-electron chi connectivity index (χ0n) is 8.87. The Kier molecular flexibility index (Phi) is 4.42. The standard InChI is InChI=1S/C10H9ClF3NO3/c11-5-1-2-7(6(3-5)9(15)17)18-4-8(16)10(12,13)14/h1-3,8,16H,4H2,(H2,15,17). The topological polar surface area (TPSA) is 72.6 Å². The minimum atomic E-state index is -4.79. The van der Waals surface area contributed by atoms with Gasteiger partial charge in [0.2, 0.25) is 0 Å². The lowest BCUT2D eigenvalue weighted by Gasteiger charge is -2.16. The summed E-state index contributed by atoms with van der Waals surface area (Å²) in [5.74, 6) is -1.07. The van der Waals surface area contributed by atoms with Crippen LogP contribution >= 0.6 is 11.6 Å². The molecule has 1 amide bonds. The third-order valence-corrected chi connectivity index (χ3v) is 2.22. The normalized spacial score (nSPS) is 13.2. The van der Waals surface area contributed by atoms with Gasteiger partial charge in [-0.1, -0.05) is 11.6 Å². The zero-order valence-corrected chi connectivity index (χ0v) is 9.63. The van der Waals surface area contributed by atoms with E-state index in [1.54, 1.807) is 0 Å². The van der Waals surface area contributed by atoms with Crippen molar-refractivity contribution in [3.05, 3.63) is 28.8 Å². The first kappa shape index (κ1) is 14.6. The minimum Gasteiger partial charge on any atom is -0.490 e. The molecule has 0 aliphatic carbocycles. The molecule has 0 fully saturated rings. The van der Waals surface area contributed by atoms with E-state index in [2.05, 4.69) is 0 Å². The highest BCUT2D eigenvalue weighted by atomic mass is 35.5. The maximum Gasteiger partial charge on any atom is 0.417 e. The summed E-state index contributed by atoms with van der Waals surface area (Å²) in [5.41, 5.74) is 4.86. The predicted octanol–water partition coefficient (Wildman–Crippen LogP) is 1.74. The summed E-state index contributed by atoms with van der Waals surface area (Å²) >= 11 is 5.60. The number of aliphatic hydroxyl groups is 1. The maximum absolute atomic E-state index is 12.0. The lowest BCUT2D eigenvalue weighted by molar-refractivity contribution is -0.210. The minimum absolute atomic E-state index is 0.156. The zero-order chi connectivity index (χ0) is 13.9. The van der Waals surface area contributed by atoms with Gasteiger partial charge in [0.1, 0.15) is 12.4 Å². The van der Waals surface area contributed by atoms with Crippen LogP contribution in [0.2, 0.25) is 5.02 Å². The Bertz CT molecular complexity index is 450. The van der Waals surface area contributed by atoms with Crippen LogP contribution in [0.5, 0.6) is 5.75 Å². The summed E-state index contributed by atoms with van der Waals surface area (Å²) in [6.07, 6.45) is -7.44. The van der Waals surface area contributed by atoms with Crippen molar-refractivity contribution < 1.29 is 27.8 Å². The van der Waals surface area contributed by atoms with Crippen molar-refractivity contribution in [2.24, 2.45) is 5.73 Å². The number of benzene rings is 1. The fourth-order valence-electron chi connectivity index (χ4n) is 1.08. The van der Waals surface area contributed by atoms with Crippen molar-refractivity contribution in [1.82, 2.24) is 0 Å². The van der Waals surface area contributed by atoms with E-state index in [9.17, 15) is 18.0 Å². The van der Waals surface area contributed by atoms with Gasteiger partial charge in [-0.05, 0) is 18.2 Å². The Balaban J connectivity index is 2.82. The highest BCUT2D eigenvalue weighted by Crippen LogP contribution is 2.25. The number of alkyl halides is 3. The van der Waals surface area contributed by atoms with Crippen LogP contribution in [0.25, 0.3) is 0 Å². The van der Waals surface area contributed by atoms with Gasteiger partial charge in [0.25, 0.3) is 5.91 Å². The number of rotatable bonds is 4. The highest BCUT2D eigenvalue weighted by molar-refractivity contribution is 6.31. The summed E-state index contributed by atoms with van der Waals surface area (Å²) in [6.45, 7) is -1.04. The number of carbonyl (C=O) groups is 1. The number of hydrogen-bond donors (Lipinski definition) is 2. The van der Waals surface area contributed by atoms with Gasteiger partial charge in [0.05, 0.1) is 5.56 Å². The number of carbonyl (C=O) groups excluding carboxylic acids is 1. The van der Waals surface area contributed by atoms with E-state index >= 15 is 0 Å². The van der Waals surface area contributed by atoms with E-state index in [0.717, 1.165) is 0 Å². The Labute approximate surface area is 105 Å². The van der Waals surface area contributed by atoms with E-state index in [0.29, 0.717) is 0 Å². The van der Waals surface area contributed by atoms with Crippen LogP contribution in [0, 0.1) is 0 Å². The second-order valence-electron chi connectivity index (χ2n) is 3.37. The summed E-state index contributed by atoms with van der Waals surface area (Å²) < 4.78 is 40.8. The van der Waals surface area contributed by atoms with E-state index in [4.69, 9.17) is 27.2 Å². The van der Waals surface area contributed by atoms with Crippen molar-refractivity contribution in [2.75, 3.05) is 6.61 Å². The van der Waals surface area contributed by atoms with Crippen molar-refractivity contribution >= 4 is 17.5 Å². The second kappa shape index (κ2) is 5.45. The van der Waals surface area contributed by atoms with Gasteiger partial charge < -0.3 is 15.6 Å². The number of primary amides is 1. The molecule has 0 heterocycles. The lowest BCUT2D eigenvalue weighted by atomic mass is 10.2. The van der Waals surface area contributed by atoms with Crippen LogP contribution in [0.15, 0.2) is 18.2 Å². The maximum atomic E-state index is 12.0. The van der Waals surface area contributed by atoms with Crippen LogP contribution in [-0.2, 0) is 0 Å². The summed E-state index contributed by atoms with van der Waals surface area (Å²) in [4.78, 5) is 11.0. The van der Waals surface area contributed by atoms with Gasteiger partial charge in [-0.3, -0.25) is 4.79 Å². The largest absolute Gasteiger partial charge is 0.490 e. The van der Waals surface area contributed by atoms with Crippen molar-refractivity contribution in [2.45, 2.75) is 12.3 Å². The van der Waals surface area contributed by atoms with Crippen LogP contribution in [0.4, 0.5) is 13.2 Å². The van der Waals surface area contributed by atoms with Gasteiger partial charge in [-0.25, -0.2) is 0 Å². The quantitative estimate of drug-likeness (QED) is 0.884. The van der Waals surface area contributed by atoms with Gasteiger partial charge in [0, 0.05) is 5.02 Å². The first-order valence-corrected chi connectivity index (χ1v) is 5.06. The molecule has 8 heteroatoms. The number of ether oxygens (including phenoxy) is 1. The van der Waals surface area contributed by atoms with E-state index in [-0.39, 0.29) is 16.3 Å². The number of halogens is 4. The van der Waals surface area contributed by atoms with Crippen molar-refractivity contribution in [3.8, 4) is 5.75 Å². The molecule has 0 radical (unpaired) electrons. The molecule has 0 saturated heterocycles. The Morgan fingerprint density at radius 3 is 2.61 bits per heavy atom. The molecule has 1 aromatic carbocycles. The van der Waals surface area contributed by atoms with E-state index in [1.807, 2.05) is 0 Å². The van der Waals surface area contributed by atoms with Crippen LogP contribution < -0.4 is 10.5 Å². The molecule has 0 aromatic heterocycles. The average molecular weight is 284 g/mol. The molecule has 0 aliphatic rings. The second-order valence-corrected chi connectivity index (χ2v) is 3.81. The van der Waals surface area contributed by atoms with Gasteiger partial charge in [-0.2, -0.15) is 13.2 Å². The van der Waals surface area contributed by atoms with Gasteiger partial charge in [0.15, 0.2) is 6.10 Å². The summed E-state index contributed by atoms with van der Waals surface area (Å²) in [7, 11) is 0. The Hall–Kier alpha value is -1.47. The number of hydrogen-bond acceptors (Lipinski definition) is 3. The highest BCUT2D eigenvalue weighted by Gasteiger charge is 2.38. The molecular formula is C10H9ClF3NO3. The molecule has 0 aliphatic heterocycles. The molecule has 100 valence electrons. The molecule has 0 saturated carbocycles. The van der Waals surface area contributed by atoms with Crippen LogP contribution in [-0.4, -0.2) is 29.9 Å². The first-order valence-electron chi connectivity index (χ1n) is 4.68. The van der Waals surface area contributed by atoms with Gasteiger partial charge >= 0.3 is 6.18 Å². The molecule has 18 heavy (non-hydrogen) atoms. The van der Waals surface area contributed by atoms with E-state index in [1.165, 1.54) is 18.2 Å². The fraction of sp³-hybridized carbons (Fsp3) is 0.300. The molecule has 1 atom stereocenters. The lowest BCUT2D eigenvalue weighted by Crippen LogP contribution is -2.34. The number of aliphatic hydroxyl groups excluding tert-OH is 1. The van der Waals surface area contributed by atoms with Crippen molar-refractivity contribution in [3.63, 3.8) is 0 Å². The molecule has 0 bridgehead atoms. The Morgan fingerprint density at radius 1 is 1.50 bits per heavy atom. The molecule has 0 spiro atoms. The predicted molar refractivity (Wildman–Crippen MR) is 57.5 cm³/mol. The Morgan fingerprint density at radius 2 is 2.11 bits per heavy atom. The molecular weight excluding hydrogens is 275 g/mol. The summed E-state index contributed by atoms with van der Waals surface area (Å²) in [6, 6.07) is 3.69. The average Bonchev–Trinajstić information content (AvgIpc) is 2.25. The fourth-order valence-corrected chi connectivity index (χ4v) is 1.26.